The highest BCUT2D eigenvalue weighted by molar-refractivity contribution is 5.55. The van der Waals surface area contributed by atoms with Crippen molar-refractivity contribution in [2.45, 2.75) is 33.6 Å². The largest absolute Gasteiger partial charge is 0.0836 e. The van der Waals surface area contributed by atoms with E-state index in [1.54, 1.807) is 0 Å². The predicted molar refractivity (Wildman–Crippen MR) is 64.3 cm³/mol. The third-order valence-corrected chi connectivity index (χ3v) is 1.93. The number of fused-ring (bicyclic) bond motifs is 1. The van der Waals surface area contributed by atoms with Crippen molar-refractivity contribution in [2.75, 3.05) is 0 Å². The van der Waals surface area contributed by atoms with Gasteiger partial charge in [-0.3, -0.25) is 0 Å². The van der Waals surface area contributed by atoms with Crippen LogP contribution >= 0.6 is 0 Å². The van der Waals surface area contributed by atoms with Crippen LogP contribution in [-0.2, 0) is 6.42 Å². The van der Waals surface area contributed by atoms with Gasteiger partial charge in [0.05, 0.1) is 0 Å². The molecule has 0 amide bonds. The molecule has 0 unspecified atom stereocenters. The number of benzene rings is 1. The van der Waals surface area contributed by atoms with Gasteiger partial charge in [-0.15, -0.1) is 0 Å². The Morgan fingerprint density at radius 2 is 1.71 bits per heavy atom. The van der Waals surface area contributed by atoms with Gasteiger partial charge in [-0.25, -0.2) is 0 Å². The number of aryl methyl sites for hydroxylation is 1. The van der Waals surface area contributed by atoms with Crippen LogP contribution in [0.4, 0.5) is 0 Å². The Morgan fingerprint density at radius 1 is 1.07 bits per heavy atom. The van der Waals surface area contributed by atoms with E-state index >= 15 is 0 Å². The Kier molecular flexibility index (Phi) is 4.45. The fraction of sp³-hybridized carbons (Fsp3) is 0.429. The molecule has 0 heteroatoms. The summed E-state index contributed by atoms with van der Waals surface area (Å²) in [6.45, 7) is 6.50. The summed E-state index contributed by atoms with van der Waals surface area (Å²) in [7, 11) is 0. The molecule has 0 fully saturated rings. The molecule has 1 aliphatic rings. The van der Waals surface area contributed by atoms with E-state index < -0.39 is 0 Å². The first kappa shape index (κ1) is 11.0. The van der Waals surface area contributed by atoms with E-state index in [2.05, 4.69) is 57.2 Å². The fourth-order valence-electron chi connectivity index (χ4n) is 1.37. The van der Waals surface area contributed by atoms with Crippen molar-refractivity contribution in [3.63, 3.8) is 0 Å². The van der Waals surface area contributed by atoms with E-state index in [9.17, 15) is 0 Å². The summed E-state index contributed by atoms with van der Waals surface area (Å²) in [4.78, 5) is 0. The summed E-state index contributed by atoms with van der Waals surface area (Å²) in [5.74, 6) is 0.833. The summed E-state index contributed by atoms with van der Waals surface area (Å²) >= 11 is 0. The molecule has 0 saturated heterocycles. The van der Waals surface area contributed by atoms with Crippen LogP contribution in [0.1, 0.15) is 38.3 Å². The molecule has 1 aliphatic carbocycles. The summed E-state index contributed by atoms with van der Waals surface area (Å²) in [5.41, 5.74) is 2.89. The Hall–Kier alpha value is -1.04. The Balaban J connectivity index is 0.000000213. The van der Waals surface area contributed by atoms with Gasteiger partial charge in [-0.05, 0) is 29.9 Å². The van der Waals surface area contributed by atoms with Crippen molar-refractivity contribution >= 4 is 6.08 Å². The van der Waals surface area contributed by atoms with Crippen molar-refractivity contribution < 1.29 is 0 Å². The van der Waals surface area contributed by atoms with Crippen molar-refractivity contribution in [3.05, 3.63) is 41.5 Å². The van der Waals surface area contributed by atoms with Crippen molar-refractivity contribution in [1.29, 1.82) is 0 Å². The van der Waals surface area contributed by atoms with Gasteiger partial charge in [-0.1, -0.05) is 57.2 Å². The maximum absolute atomic E-state index is 2.24. The highest BCUT2D eigenvalue weighted by atomic mass is 14.1. The molecule has 76 valence electrons. The number of allylic oxidation sites excluding steroid dienone is 1. The zero-order valence-corrected chi connectivity index (χ0v) is 9.46. The van der Waals surface area contributed by atoms with Crippen LogP contribution in [0.15, 0.2) is 30.3 Å². The van der Waals surface area contributed by atoms with E-state index in [1.807, 2.05) is 0 Å². The molecule has 0 heterocycles. The Labute approximate surface area is 87.7 Å². The molecule has 1 aromatic rings. The van der Waals surface area contributed by atoms with E-state index in [-0.39, 0.29) is 0 Å². The highest BCUT2D eigenvalue weighted by Crippen LogP contribution is 2.17. The standard InChI is InChI=1S/C10H10.C4H10/c1-2-6-10-8-4-3-7-9(10)5-1;1-4(2)3/h1-3,5-7H,4,8H2;4H,1-3H3. The van der Waals surface area contributed by atoms with Crippen molar-refractivity contribution in [3.8, 4) is 0 Å². The van der Waals surface area contributed by atoms with Crippen LogP contribution in [0.2, 0.25) is 0 Å². The van der Waals surface area contributed by atoms with E-state index in [1.165, 1.54) is 24.0 Å². The Bertz CT molecular complexity index is 292. The zero-order chi connectivity index (χ0) is 10.4. The van der Waals surface area contributed by atoms with Gasteiger partial charge in [0.25, 0.3) is 0 Å². The van der Waals surface area contributed by atoms with Crippen LogP contribution in [0, 0.1) is 5.92 Å². The van der Waals surface area contributed by atoms with E-state index in [0.29, 0.717) is 0 Å². The second kappa shape index (κ2) is 5.64. The number of rotatable bonds is 0. The molecule has 1 aromatic carbocycles. The summed E-state index contributed by atoms with van der Waals surface area (Å²) in [5, 5.41) is 0. The first-order valence-electron chi connectivity index (χ1n) is 5.44. The quantitative estimate of drug-likeness (QED) is 0.569. The smallest absolute Gasteiger partial charge is 0.0228 e. The highest BCUT2D eigenvalue weighted by Gasteiger charge is 2.00. The molecule has 0 bridgehead atoms. The van der Waals surface area contributed by atoms with Gasteiger partial charge in [-0.2, -0.15) is 0 Å². The van der Waals surface area contributed by atoms with Crippen LogP contribution < -0.4 is 0 Å². The lowest BCUT2D eigenvalue weighted by Gasteiger charge is -2.07. The zero-order valence-electron chi connectivity index (χ0n) is 9.46. The molecular formula is C14H20. The minimum absolute atomic E-state index is 0.833. The molecule has 2 rings (SSSR count). The SMILES string of the molecule is C1=Cc2ccccc2CC1.CC(C)C. The molecule has 0 aliphatic heterocycles. The van der Waals surface area contributed by atoms with Crippen molar-refractivity contribution in [2.24, 2.45) is 5.92 Å². The van der Waals surface area contributed by atoms with E-state index in [0.717, 1.165) is 5.92 Å². The second-order valence-corrected chi connectivity index (χ2v) is 4.37. The van der Waals surface area contributed by atoms with Crippen LogP contribution in [0.3, 0.4) is 0 Å². The number of hydrogen-bond acceptors (Lipinski definition) is 0. The topological polar surface area (TPSA) is 0 Å². The van der Waals surface area contributed by atoms with Crippen LogP contribution in [0.25, 0.3) is 6.08 Å². The Morgan fingerprint density at radius 3 is 2.36 bits per heavy atom. The maximum atomic E-state index is 2.24. The molecule has 0 radical (unpaired) electrons. The summed E-state index contributed by atoms with van der Waals surface area (Å²) in [6, 6.07) is 8.58. The maximum Gasteiger partial charge on any atom is -0.0228 e. The molecule has 14 heavy (non-hydrogen) atoms. The average Bonchev–Trinajstić information content (AvgIpc) is 2.17. The van der Waals surface area contributed by atoms with Gasteiger partial charge in [0.15, 0.2) is 0 Å². The fourth-order valence-corrected chi connectivity index (χ4v) is 1.37. The lowest BCUT2D eigenvalue weighted by Crippen LogP contribution is -1.91. The predicted octanol–water partition coefficient (Wildman–Crippen LogP) is 4.31. The molecule has 0 aromatic heterocycles. The molecule has 0 saturated carbocycles. The van der Waals surface area contributed by atoms with Crippen molar-refractivity contribution in [1.82, 2.24) is 0 Å². The molecule has 0 spiro atoms. The third-order valence-electron chi connectivity index (χ3n) is 1.93. The molecule has 0 N–H and O–H groups in total. The second-order valence-electron chi connectivity index (χ2n) is 4.37. The van der Waals surface area contributed by atoms with Gasteiger partial charge in [0.1, 0.15) is 0 Å². The molecule has 0 nitrogen and oxygen atoms in total. The van der Waals surface area contributed by atoms with Gasteiger partial charge in [0, 0.05) is 0 Å². The van der Waals surface area contributed by atoms with E-state index in [4.69, 9.17) is 0 Å². The monoisotopic (exact) mass is 188 g/mol. The number of hydrogen-bond donors (Lipinski definition) is 0. The summed E-state index contributed by atoms with van der Waals surface area (Å²) < 4.78 is 0. The lowest BCUT2D eigenvalue weighted by atomic mass is 9.98. The minimum atomic E-state index is 0.833. The molecule has 0 atom stereocenters. The minimum Gasteiger partial charge on any atom is -0.0836 e. The third kappa shape index (κ3) is 3.78. The molecular weight excluding hydrogens is 168 g/mol. The van der Waals surface area contributed by atoms with Crippen LogP contribution in [0.5, 0.6) is 0 Å². The van der Waals surface area contributed by atoms with Gasteiger partial charge in [0.2, 0.25) is 0 Å². The average molecular weight is 188 g/mol. The summed E-state index contributed by atoms with van der Waals surface area (Å²) in [6.07, 6.45) is 6.87. The van der Waals surface area contributed by atoms with Crippen LogP contribution in [-0.4, -0.2) is 0 Å². The normalized spacial score (nSPS) is 13.1. The lowest BCUT2D eigenvalue weighted by molar-refractivity contribution is 0.737. The first-order valence-corrected chi connectivity index (χ1v) is 5.44. The van der Waals surface area contributed by atoms with Gasteiger partial charge >= 0.3 is 0 Å². The first-order chi connectivity index (χ1) is 6.70. The van der Waals surface area contributed by atoms with Gasteiger partial charge < -0.3 is 0 Å².